The molecule has 1 aromatic carbocycles. The lowest BCUT2D eigenvalue weighted by molar-refractivity contribution is 0.0482. The van der Waals surface area contributed by atoms with Crippen molar-refractivity contribution in [2.24, 2.45) is 29.1 Å². The summed E-state index contributed by atoms with van der Waals surface area (Å²) in [6.45, 7) is 29.3. The van der Waals surface area contributed by atoms with Gasteiger partial charge in [-0.25, -0.2) is 0 Å². The molecule has 218 valence electrons. The SMILES string of the molecule is CC(C)Cc1ccc(C2CN([C@H](C)I)CCC2CCC(C)(C)C[C@@H](C)CC2CN(C(C)C)C2)c(C(C)C)c1. The Hall–Kier alpha value is -0.130. The van der Waals surface area contributed by atoms with E-state index >= 15 is 0 Å². The van der Waals surface area contributed by atoms with Gasteiger partial charge in [0.1, 0.15) is 0 Å². The molecule has 3 rings (SSSR count). The van der Waals surface area contributed by atoms with Crippen LogP contribution in [0, 0.1) is 29.1 Å². The predicted molar refractivity (Wildman–Crippen MR) is 177 cm³/mol. The molecule has 0 aromatic heterocycles. The first kappa shape index (κ1) is 32.4. The highest BCUT2D eigenvalue weighted by Crippen LogP contribution is 2.43. The maximum absolute atomic E-state index is 2.74. The Morgan fingerprint density at radius 2 is 1.63 bits per heavy atom. The van der Waals surface area contributed by atoms with Gasteiger partial charge in [0.25, 0.3) is 0 Å². The summed E-state index contributed by atoms with van der Waals surface area (Å²) < 4.78 is 0.606. The molecule has 3 heteroatoms. The van der Waals surface area contributed by atoms with Crippen molar-refractivity contribution in [1.82, 2.24) is 9.80 Å². The molecule has 2 heterocycles. The minimum Gasteiger partial charge on any atom is -0.300 e. The lowest BCUT2D eigenvalue weighted by atomic mass is 9.70. The van der Waals surface area contributed by atoms with Gasteiger partial charge in [0.2, 0.25) is 0 Å². The second kappa shape index (κ2) is 14.2. The van der Waals surface area contributed by atoms with E-state index in [0.29, 0.717) is 27.2 Å². The number of benzene rings is 1. The highest BCUT2D eigenvalue weighted by molar-refractivity contribution is 14.1. The number of rotatable bonds is 13. The molecule has 2 fully saturated rings. The molecule has 1 aromatic rings. The molecule has 2 aliphatic rings. The van der Waals surface area contributed by atoms with Gasteiger partial charge in [-0.3, -0.25) is 4.90 Å². The third kappa shape index (κ3) is 9.20. The second-order valence-electron chi connectivity index (χ2n) is 15.1. The standard InChI is InChI=1S/C35H61IN2/c1-24(2)17-29-11-12-32(33(19-29)25(3)4)34-23-37(28(8)36)16-14-31(34)13-15-35(9,10)20-27(7)18-30-21-38(22-30)26(5)6/h11-12,19,24-28,30-31,34H,13-18,20-23H2,1-10H3/t27-,28+,31?,34?/m0/s1. The molecule has 0 aliphatic carbocycles. The second-order valence-corrected chi connectivity index (χ2v) is 16.9. The molecular formula is C35H61IN2. The van der Waals surface area contributed by atoms with Gasteiger partial charge in [0, 0.05) is 25.7 Å². The highest BCUT2D eigenvalue weighted by Gasteiger charge is 2.35. The summed E-state index contributed by atoms with van der Waals surface area (Å²) in [6.07, 6.45) is 8.07. The Balaban J connectivity index is 1.68. The zero-order valence-electron chi connectivity index (χ0n) is 26.7. The van der Waals surface area contributed by atoms with Crippen LogP contribution in [-0.4, -0.2) is 46.1 Å². The molecule has 2 saturated heterocycles. The quantitative estimate of drug-likeness (QED) is 0.121. The zero-order valence-corrected chi connectivity index (χ0v) is 28.9. The zero-order chi connectivity index (χ0) is 28.2. The summed E-state index contributed by atoms with van der Waals surface area (Å²) in [5.74, 6) is 4.53. The van der Waals surface area contributed by atoms with Crippen LogP contribution >= 0.6 is 22.6 Å². The Labute approximate surface area is 251 Å². The molecule has 2 unspecified atom stereocenters. The van der Waals surface area contributed by atoms with Gasteiger partial charge in [-0.05, 0) is 123 Å². The molecular weight excluding hydrogens is 575 g/mol. The molecule has 4 atom stereocenters. The van der Waals surface area contributed by atoms with Gasteiger partial charge >= 0.3 is 0 Å². The minimum absolute atomic E-state index is 0.432. The molecule has 0 bridgehead atoms. The van der Waals surface area contributed by atoms with Crippen LogP contribution in [0.3, 0.4) is 0 Å². The predicted octanol–water partition coefficient (Wildman–Crippen LogP) is 9.76. The smallest absolute Gasteiger partial charge is 0.0590 e. The van der Waals surface area contributed by atoms with E-state index in [1.165, 1.54) is 70.3 Å². The average Bonchev–Trinajstić information content (AvgIpc) is 2.78. The van der Waals surface area contributed by atoms with E-state index in [1.807, 2.05) is 0 Å². The number of halogens is 1. The summed E-state index contributed by atoms with van der Waals surface area (Å²) in [6, 6.07) is 8.28. The van der Waals surface area contributed by atoms with E-state index in [-0.39, 0.29) is 0 Å². The van der Waals surface area contributed by atoms with Crippen LogP contribution in [0.5, 0.6) is 0 Å². The fourth-order valence-electron chi connectivity index (χ4n) is 7.56. The van der Waals surface area contributed by atoms with Crippen LogP contribution < -0.4 is 0 Å². The number of piperidine rings is 1. The monoisotopic (exact) mass is 636 g/mol. The summed E-state index contributed by atoms with van der Waals surface area (Å²) >= 11 is 2.63. The van der Waals surface area contributed by atoms with Crippen molar-refractivity contribution in [3.05, 3.63) is 34.9 Å². The first-order chi connectivity index (χ1) is 17.8. The maximum atomic E-state index is 2.74. The Kier molecular flexibility index (Phi) is 12.1. The van der Waals surface area contributed by atoms with E-state index in [2.05, 4.69) is 120 Å². The van der Waals surface area contributed by atoms with Gasteiger partial charge in [0.05, 0.1) is 4.05 Å². The van der Waals surface area contributed by atoms with E-state index in [4.69, 9.17) is 0 Å². The third-order valence-corrected chi connectivity index (χ3v) is 10.4. The van der Waals surface area contributed by atoms with Crippen LogP contribution in [0.15, 0.2) is 18.2 Å². The molecule has 38 heavy (non-hydrogen) atoms. The Morgan fingerprint density at radius 1 is 0.947 bits per heavy atom. The van der Waals surface area contributed by atoms with Crippen LogP contribution in [0.4, 0.5) is 0 Å². The van der Waals surface area contributed by atoms with E-state index in [9.17, 15) is 0 Å². The number of hydrogen-bond donors (Lipinski definition) is 0. The normalized spacial score (nSPS) is 23.8. The molecule has 2 aliphatic heterocycles. The van der Waals surface area contributed by atoms with Crippen molar-refractivity contribution >= 4 is 22.6 Å². The number of alkyl halides is 1. The van der Waals surface area contributed by atoms with Gasteiger partial charge in [0.15, 0.2) is 0 Å². The van der Waals surface area contributed by atoms with Gasteiger partial charge in [-0.1, -0.05) is 89.3 Å². The Morgan fingerprint density at radius 3 is 2.21 bits per heavy atom. The van der Waals surface area contributed by atoms with Crippen LogP contribution in [0.25, 0.3) is 0 Å². The topological polar surface area (TPSA) is 6.48 Å². The lowest BCUT2D eigenvalue weighted by Gasteiger charge is -2.44. The molecule has 0 spiro atoms. The fraction of sp³-hybridized carbons (Fsp3) is 0.829. The third-order valence-electron chi connectivity index (χ3n) is 9.65. The van der Waals surface area contributed by atoms with Crippen molar-refractivity contribution < 1.29 is 0 Å². The van der Waals surface area contributed by atoms with Gasteiger partial charge in [-0.15, -0.1) is 0 Å². The summed E-state index contributed by atoms with van der Waals surface area (Å²) in [5, 5.41) is 0. The first-order valence-corrected chi connectivity index (χ1v) is 17.2. The van der Waals surface area contributed by atoms with Crippen molar-refractivity contribution in [3.63, 3.8) is 0 Å². The average molecular weight is 637 g/mol. The fourth-order valence-corrected chi connectivity index (χ4v) is 8.07. The number of hydrogen-bond acceptors (Lipinski definition) is 2. The molecule has 0 amide bonds. The van der Waals surface area contributed by atoms with Crippen molar-refractivity contribution in [2.45, 2.75) is 130 Å². The Bertz CT molecular complexity index is 851. The summed E-state index contributed by atoms with van der Waals surface area (Å²) in [4.78, 5) is 5.37. The molecule has 0 N–H and O–H groups in total. The van der Waals surface area contributed by atoms with Gasteiger partial charge < -0.3 is 4.90 Å². The first-order valence-electron chi connectivity index (χ1n) is 16.0. The largest absolute Gasteiger partial charge is 0.300 e. The van der Waals surface area contributed by atoms with Crippen molar-refractivity contribution in [2.75, 3.05) is 26.2 Å². The minimum atomic E-state index is 0.432. The number of nitrogens with zero attached hydrogens (tertiary/aromatic N) is 2. The summed E-state index contributed by atoms with van der Waals surface area (Å²) in [5.41, 5.74) is 5.23. The molecule has 0 radical (unpaired) electrons. The van der Waals surface area contributed by atoms with Crippen molar-refractivity contribution in [1.29, 1.82) is 0 Å². The van der Waals surface area contributed by atoms with Crippen LogP contribution in [-0.2, 0) is 6.42 Å². The maximum Gasteiger partial charge on any atom is 0.0590 e. The van der Waals surface area contributed by atoms with E-state index < -0.39 is 0 Å². The molecule has 0 saturated carbocycles. The molecule has 2 nitrogen and oxygen atoms in total. The van der Waals surface area contributed by atoms with E-state index in [0.717, 1.165) is 23.8 Å². The summed E-state index contributed by atoms with van der Waals surface area (Å²) in [7, 11) is 0. The highest BCUT2D eigenvalue weighted by atomic mass is 127. The van der Waals surface area contributed by atoms with Crippen molar-refractivity contribution in [3.8, 4) is 0 Å². The van der Waals surface area contributed by atoms with Crippen LogP contribution in [0.2, 0.25) is 0 Å². The van der Waals surface area contributed by atoms with Gasteiger partial charge in [-0.2, -0.15) is 0 Å². The van der Waals surface area contributed by atoms with E-state index in [1.54, 1.807) is 11.1 Å². The van der Waals surface area contributed by atoms with Crippen LogP contribution in [0.1, 0.15) is 130 Å². The lowest BCUT2D eigenvalue weighted by Crippen LogP contribution is -2.50. The number of likely N-dealkylation sites (tertiary alicyclic amines) is 2.